The maximum Gasteiger partial charge on any atom is 0.328 e. The minimum Gasteiger partial charge on any atom is -0.467 e. The second-order valence-corrected chi connectivity index (χ2v) is 4.15. The normalized spacial score (nSPS) is 12.2. The number of ether oxygens (including phenoxy) is 1. The summed E-state index contributed by atoms with van der Waals surface area (Å²) in [5.74, 6) is 0.333. The van der Waals surface area contributed by atoms with Crippen LogP contribution in [-0.4, -0.2) is 29.1 Å². The van der Waals surface area contributed by atoms with Gasteiger partial charge in [-0.15, -0.1) is 0 Å². The van der Waals surface area contributed by atoms with Gasteiger partial charge < -0.3 is 15.0 Å². The second-order valence-electron chi connectivity index (χ2n) is 4.15. The lowest BCUT2D eigenvalue weighted by Crippen LogP contribution is -2.32. The summed E-state index contributed by atoms with van der Waals surface area (Å²) in [4.78, 5) is 29.0. The summed E-state index contributed by atoms with van der Waals surface area (Å²) in [5.41, 5.74) is -0.268. The highest BCUT2D eigenvalue weighted by Gasteiger charge is 2.20. The predicted octanol–water partition coefficient (Wildman–Crippen LogP) is 0.769. The number of H-pyrrole nitrogens is 1. The molecule has 0 aliphatic rings. The molecule has 0 aromatic carbocycles. The van der Waals surface area contributed by atoms with Crippen LogP contribution in [-0.2, 0) is 9.53 Å². The molecule has 1 rings (SSSR count). The van der Waals surface area contributed by atoms with Crippen LogP contribution in [0.5, 0.6) is 0 Å². The minimum atomic E-state index is -0.491. The number of methoxy groups -OCH3 is 1. The highest BCUT2D eigenvalue weighted by molar-refractivity contribution is 5.78. The van der Waals surface area contributed by atoms with Gasteiger partial charge in [0.25, 0.3) is 5.56 Å². The first-order chi connectivity index (χ1) is 8.02. The van der Waals surface area contributed by atoms with E-state index < -0.39 is 6.04 Å². The highest BCUT2D eigenvalue weighted by atomic mass is 16.5. The molecule has 0 aliphatic carbocycles. The molecular weight excluding hydrogens is 222 g/mol. The molecule has 0 bridgehead atoms. The third-order valence-corrected chi connectivity index (χ3v) is 2.19. The van der Waals surface area contributed by atoms with Gasteiger partial charge in [-0.2, -0.15) is 0 Å². The average Bonchev–Trinajstić information content (AvgIpc) is 2.26. The van der Waals surface area contributed by atoms with Crippen LogP contribution in [0, 0.1) is 5.92 Å². The summed E-state index contributed by atoms with van der Waals surface area (Å²) in [6.45, 7) is 4.01. The molecule has 1 atom stereocenters. The van der Waals surface area contributed by atoms with Crippen molar-refractivity contribution in [3.05, 3.63) is 22.7 Å². The van der Waals surface area contributed by atoms with Crippen molar-refractivity contribution in [3.8, 4) is 0 Å². The van der Waals surface area contributed by atoms with E-state index in [-0.39, 0.29) is 11.5 Å². The third-order valence-electron chi connectivity index (χ3n) is 2.19. The molecule has 0 saturated carbocycles. The predicted molar refractivity (Wildman–Crippen MR) is 63.7 cm³/mol. The number of esters is 1. The largest absolute Gasteiger partial charge is 0.467 e. The molecule has 0 amide bonds. The molecule has 1 unspecified atom stereocenters. The standard InChI is InChI=1S/C11H17N3O3/c1-7(2)4-8(11(16)17-3)14-9-5-10(15)13-6-12-9/h5-8H,4H2,1-3H3,(H2,12,13,14,15). The summed E-state index contributed by atoms with van der Waals surface area (Å²) >= 11 is 0. The molecule has 0 saturated heterocycles. The molecule has 0 radical (unpaired) electrons. The topological polar surface area (TPSA) is 84.1 Å². The van der Waals surface area contributed by atoms with E-state index in [4.69, 9.17) is 4.74 Å². The molecule has 1 aromatic rings. The van der Waals surface area contributed by atoms with E-state index in [1.165, 1.54) is 19.5 Å². The van der Waals surface area contributed by atoms with Gasteiger partial charge in [0.15, 0.2) is 0 Å². The molecule has 6 heteroatoms. The Labute approximate surface area is 99.4 Å². The number of nitrogens with zero attached hydrogens (tertiary/aromatic N) is 1. The molecule has 1 heterocycles. The van der Waals surface area contributed by atoms with E-state index in [2.05, 4.69) is 15.3 Å². The van der Waals surface area contributed by atoms with Crippen LogP contribution >= 0.6 is 0 Å². The van der Waals surface area contributed by atoms with E-state index in [1.807, 2.05) is 13.8 Å². The number of anilines is 1. The zero-order chi connectivity index (χ0) is 12.8. The van der Waals surface area contributed by atoms with Crippen molar-refractivity contribution in [3.63, 3.8) is 0 Å². The van der Waals surface area contributed by atoms with Gasteiger partial charge in [0.1, 0.15) is 11.9 Å². The number of carbonyl (C=O) groups is 1. The first-order valence-electron chi connectivity index (χ1n) is 5.42. The number of hydrogen-bond acceptors (Lipinski definition) is 5. The van der Waals surface area contributed by atoms with E-state index >= 15 is 0 Å². The molecule has 0 aliphatic heterocycles. The van der Waals surface area contributed by atoms with Gasteiger partial charge in [0.2, 0.25) is 0 Å². The van der Waals surface area contributed by atoms with Crippen molar-refractivity contribution < 1.29 is 9.53 Å². The zero-order valence-electron chi connectivity index (χ0n) is 10.2. The van der Waals surface area contributed by atoms with Crippen molar-refractivity contribution >= 4 is 11.8 Å². The second kappa shape index (κ2) is 6.03. The fourth-order valence-electron chi connectivity index (χ4n) is 1.45. The van der Waals surface area contributed by atoms with Crippen molar-refractivity contribution in [1.82, 2.24) is 9.97 Å². The van der Waals surface area contributed by atoms with Crippen LogP contribution in [0.4, 0.5) is 5.82 Å². The van der Waals surface area contributed by atoms with Crippen molar-refractivity contribution in [1.29, 1.82) is 0 Å². The van der Waals surface area contributed by atoms with Crippen LogP contribution in [0.25, 0.3) is 0 Å². The summed E-state index contributed by atoms with van der Waals surface area (Å²) in [6.07, 6.45) is 1.90. The Morgan fingerprint density at radius 3 is 2.82 bits per heavy atom. The SMILES string of the molecule is COC(=O)C(CC(C)C)Nc1cc(=O)[nH]cn1. The quantitative estimate of drug-likeness (QED) is 0.741. The van der Waals surface area contributed by atoms with E-state index in [9.17, 15) is 9.59 Å². The van der Waals surface area contributed by atoms with Crippen molar-refractivity contribution in [2.45, 2.75) is 26.3 Å². The van der Waals surface area contributed by atoms with Crippen LogP contribution < -0.4 is 10.9 Å². The monoisotopic (exact) mass is 239 g/mol. The van der Waals surface area contributed by atoms with Gasteiger partial charge >= 0.3 is 5.97 Å². The van der Waals surface area contributed by atoms with Gasteiger partial charge in [0, 0.05) is 6.07 Å². The smallest absolute Gasteiger partial charge is 0.328 e. The van der Waals surface area contributed by atoms with Gasteiger partial charge in [-0.1, -0.05) is 13.8 Å². The van der Waals surface area contributed by atoms with Gasteiger partial charge in [-0.05, 0) is 12.3 Å². The highest BCUT2D eigenvalue weighted by Crippen LogP contribution is 2.10. The molecule has 2 N–H and O–H groups in total. The molecule has 0 spiro atoms. The first kappa shape index (κ1) is 13.2. The number of carbonyl (C=O) groups excluding carboxylic acids is 1. The van der Waals surface area contributed by atoms with Crippen LogP contribution in [0.15, 0.2) is 17.2 Å². The van der Waals surface area contributed by atoms with E-state index in [1.54, 1.807) is 0 Å². The van der Waals surface area contributed by atoms with E-state index in [0.717, 1.165) is 0 Å². The summed E-state index contributed by atoms with van der Waals surface area (Å²) in [7, 11) is 1.34. The maximum atomic E-state index is 11.5. The Kier molecular flexibility index (Phi) is 4.68. The number of aromatic nitrogens is 2. The molecule has 0 fully saturated rings. The minimum absolute atomic E-state index is 0.268. The lowest BCUT2D eigenvalue weighted by Gasteiger charge is -2.18. The Hall–Kier alpha value is -1.85. The Bertz CT molecular complexity index is 428. The van der Waals surface area contributed by atoms with Crippen LogP contribution in [0.3, 0.4) is 0 Å². The van der Waals surface area contributed by atoms with Gasteiger partial charge in [0.05, 0.1) is 13.4 Å². The molecule has 6 nitrogen and oxygen atoms in total. The molecule has 1 aromatic heterocycles. The van der Waals surface area contributed by atoms with E-state index in [0.29, 0.717) is 18.2 Å². The van der Waals surface area contributed by atoms with Gasteiger partial charge in [-0.3, -0.25) is 4.79 Å². The zero-order valence-corrected chi connectivity index (χ0v) is 10.2. The fraction of sp³-hybridized carbons (Fsp3) is 0.545. The third kappa shape index (κ3) is 4.26. The lowest BCUT2D eigenvalue weighted by molar-refractivity contribution is -0.141. The average molecular weight is 239 g/mol. The van der Waals surface area contributed by atoms with Crippen molar-refractivity contribution in [2.75, 3.05) is 12.4 Å². The summed E-state index contributed by atoms with van der Waals surface area (Å²) in [5, 5.41) is 2.90. The Morgan fingerprint density at radius 1 is 1.59 bits per heavy atom. The summed E-state index contributed by atoms with van der Waals surface area (Å²) < 4.78 is 4.70. The maximum absolute atomic E-state index is 11.5. The first-order valence-corrected chi connectivity index (χ1v) is 5.42. The van der Waals surface area contributed by atoms with Crippen molar-refractivity contribution in [2.24, 2.45) is 5.92 Å². The lowest BCUT2D eigenvalue weighted by atomic mass is 10.0. The number of aromatic amines is 1. The fourth-order valence-corrected chi connectivity index (χ4v) is 1.45. The van der Waals surface area contributed by atoms with Crippen LogP contribution in [0.2, 0.25) is 0 Å². The van der Waals surface area contributed by atoms with Gasteiger partial charge in [-0.25, -0.2) is 9.78 Å². The summed E-state index contributed by atoms with van der Waals surface area (Å²) in [6, 6.07) is 0.810. The van der Waals surface area contributed by atoms with Crippen LogP contribution in [0.1, 0.15) is 20.3 Å². The Balaban J connectivity index is 2.78. The molecule has 17 heavy (non-hydrogen) atoms. The Morgan fingerprint density at radius 2 is 2.29 bits per heavy atom. The number of rotatable bonds is 5. The molecule has 94 valence electrons. The number of hydrogen-bond donors (Lipinski definition) is 2. The molecular formula is C11H17N3O3. The number of nitrogens with one attached hydrogen (secondary N) is 2.